The van der Waals surface area contributed by atoms with E-state index < -0.39 is 6.10 Å². The van der Waals surface area contributed by atoms with Crippen LogP contribution < -0.4 is 10.1 Å². The van der Waals surface area contributed by atoms with Crippen LogP contribution in [0.5, 0.6) is 5.75 Å². The number of hydrogen-bond donors (Lipinski definition) is 1. The summed E-state index contributed by atoms with van der Waals surface area (Å²) in [6, 6.07) is 12.5. The zero-order valence-electron chi connectivity index (χ0n) is 13.6. The lowest BCUT2D eigenvalue weighted by molar-refractivity contribution is -0.127. The molecule has 0 aliphatic heterocycles. The molecule has 0 aliphatic rings. The summed E-state index contributed by atoms with van der Waals surface area (Å²) in [6.07, 6.45) is -0.622. The summed E-state index contributed by atoms with van der Waals surface area (Å²) in [5.41, 5.74) is 0.914. The van der Waals surface area contributed by atoms with Crippen LogP contribution >= 0.6 is 46.6 Å². The standard InChI is InChI=1S/C18H18Cl3NO2S/c1-12(24-17-8-3-2-5-16(17)21)18(23)22-9-10-25-11-13-14(19)6-4-7-15(13)20/h2-8,12H,9-11H2,1H3,(H,22,23)/t12-/m1/s1. The molecule has 2 aromatic rings. The molecule has 0 radical (unpaired) electrons. The fourth-order valence-electron chi connectivity index (χ4n) is 2.02. The van der Waals surface area contributed by atoms with Crippen LogP contribution in [0.2, 0.25) is 15.1 Å². The van der Waals surface area contributed by atoms with Crippen molar-refractivity contribution in [2.75, 3.05) is 12.3 Å². The molecule has 1 amide bonds. The summed E-state index contributed by atoms with van der Waals surface area (Å²) >= 11 is 19.9. The number of benzene rings is 2. The second-order valence-electron chi connectivity index (χ2n) is 5.23. The molecule has 0 saturated carbocycles. The van der Waals surface area contributed by atoms with Crippen molar-refractivity contribution < 1.29 is 9.53 Å². The predicted octanol–water partition coefficient (Wildman–Crippen LogP) is 5.46. The van der Waals surface area contributed by atoms with Crippen LogP contribution in [0, 0.1) is 0 Å². The molecule has 1 N–H and O–H groups in total. The van der Waals surface area contributed by atoms with Crippen molar-refractivity contribution in [3.8, 4) is 5.75 Å². The van der Waals surface area contributed by atoms with E-state index in [-0.39, 0.29) is 5.91 Å². The highest BCUT2D eigenvalue weighted by Crippen LogP contribution is 2.28. The van der Waals surface area contributed by atoms with Crippen LogP contribution in [-0.4, -0.2) is 24.3 Å². The first-order chi connectivity index (χ1) is 12.0. The van der Waals surface area contributed by atoms with Gasteiger partial charge in [0.05, 0.1) is 5.02 Å². The molecule has 0 unspecified atom stereocenters. The van der Waals surface area contributed by atoms with Gasteiger partial charge in [0.2, 0.25) is 0 Å². The molecular weight excluding hydrogens is 401 g/mol. The molecule has 0 spiro atoms. The molecule has 0 heterocycles. The van der Waals surface area contributed by atoms with Crippen LogP contribution in [0.25, 0.3) is 0 Å². The predicted molar refractivity (Wildman–Crippen MR) is 107 cm³/mol. The SMILES string of the molecule is C[C@@H](Oc1ccccc1Cl)C(=O)NCCSCc1c(Cl)cccc1Cl. The summed E-state index contributed by atoms with van der Waals surface area (Å²) in [5.74, 6) is 1.75. The van der Waals surface area contributed by atoms with Crippen molar-refractivity contribution >= 4 is 52.5 Å². The number of para-hydroxylation sites is 1. The smallest absolute Gasteiger partial charge is 0.260 e. The van der Waals surface area contributed by atoms with E-state index in [1.54, 1.807) is 30.8 Å². The molecule has 1 atom stereocenters. The van der Waals surface area contributed by atoms with E-state index >= 15 is 0 Å². The minimum atomic E-state index is -0.622. The molecule has 0 aromatic heterocycles. The Morgan fingerprint density at radius 1 is 1.08 bits per heavy atom. The Morgan fingerprint density at radius 2 is 1.72 bits per heavy atom. The van der Waals surface area contributed by atoms with E-state index in [4.69, 9.17) is 39.5 Å². The van der Waals surface area contributed by atoms with Crippen LogP contribution in [0.15, 0.2) is 42.5 Å². The van der Waals surface area contributed by atoms with Gasteiger partial charge < -0.3 is 10.1 Å². The average molecular weight is 419 g/mol. The topological polar surface area (TPSA) is 38.3 Å². The van der Waals surface area contributed by atoms with Crippen LogP contribution in [-0.2, 0) is 10.5 Å². The third-order valence-corrected chi connectivity index (χ3v) is 5.37. The minimum Gasteiger partial charge on any atom is -0.479 e. The van der Waals surface area contributed by atoms with Crippen LogP contribution in [0.1, 0.15) is 12.5 Å². The third kappa shape index (κ3) is 6.30. The highest BCUT2D eigenvalue weighted by Gasteiger charge is 2.15. The van der Waals surface area contributed by atoms with Gasteiger partial charge in [-0.2, -0.15) is 11.8 Å². The third-order valence-electron chi connectivity index (χ3n) is 3.36. The van der Waals surface area contributed by atoms with Crippen molar-refractivity contribution in [3.63, 3.8) is 0 Å². The van der Waals surface area contributed by atoms with Crippen molar-refractivity contribution in [1.82, 2.24) is 5.32 Å². The van der Waals surface area contributed by atoms with Gasteiger partial charge >= 0.3 is 0 Å². The van der Waals surface area contributed by atoms with Gasteiger partial charge in [-0.15, -0.1) is 0 Å². The summed E-state index contributed by atoms with van der Waals surface area (Å²) in [7, 11) is 0. The van der Waals surface area contributed by atoms with E-state index in [1.165, 1.54) is 0 Å². The van der Waals surface area contributed by atoms with Gasteiger partial charge in [0.15, 0.2) is 6.10 Å². The van der Waals surface area contributed by atoms with Crippen LogP contribution in [0.4, 0.5) is 0 Å². The maximum absolute atomic E-state index is 12.1. The maximum atomic E-state index is 12.1. The fraction of sp³-hybridized carbons (Fsp3) is 0.278. The van der Waals surface area contributed by atoms with Gasteiger partial charge in [0, 0.05) is 28.1 Å². The number of halogens is 3. The van der Waals surface area contributed by atoms with Crippen molar-refractivity contribution in [3.05, 3.63) is 63.1 Å². The van der Waals surface area contributed by atoms with Gasteiger partial charge in [-0.05, 0) is 36.8 Å². The number of hydrogen-bond acceptors (Lipinski definition) is 3. The van der Waals surface area contributed by atoms with Crippen LogP contribution in [0.3, 0.4) is 0 Å². The molecular formula is C18H18Cl3NO2S. The van der Waals surface area contributed by atoms with E-state index in [2.05, 4.69) is 5.32 Å². The van der Waals surface area contributed by atoms with E-state index in [0.29, 0.717) is 33.1 Å². The highest BCUT2D eigenvalue weighted by atomic mass is 35.5. The quantitative estimate of drug-likeness (QED) is 0.578. The average Bonchev–Trinajstić information content (AvgIpc) is 2.58. The number of ether oxygens (including phenoxy) is 1. The van der Waals surface area contributed by atoms with E-state index in [0.717, 1.165) is 11.3 Å². The van der Waals surface area contributed by atoms with Crippen molar-refractivity contribution in [1.29, 1.82) is 0 Å². The molecule has 2 rings (SSSR count). The maximum Gasteiger partial charge on any atom is 0.260 e. The molecule has 0 saturated heterocycles. The Hall–Kier alpha value is -1.07. The molecule has 0 bridgehead atoms. The Morgan fingerprint density at radius 3 is 2.40 bits per heavy atom. The van der Waals surface area contributed by atoms with Gasteiger partial charge in [-0.1, -0.05) is 53.0 Å². The second-order valence-corrected chi connectivity index (χ2v) is 7.56. The first-order valence-electron chi connectivity index (χ1n) is 7.68. The van der Waals surface area contributed by atoms with Crippen molar-refractivity contribution in [2.45, 2.75) is 18.8 Å². The molecule has 25 heavy (non-hydrogen) atoms. The summed E-state index contributed by atoms with van der Waals surface area (Å²) < 4.78 is 5.58. The second kappa shape index (κ2) is 10.2. The monoisotopic (exact) mass is 417 g/mol. The largest absolute Gasteiger partial charge is 0.479 e. The van der Waals surface area contributed by atoms with Gasteiger partial charge in [0.25, 0.3) is 5.91 Å². The molecule has 0 fully saturated rings. The fourth-order valence-corrected chi connectivity index (χ4v) is 3.79. The lowest BCUT2D eigenvalue weighted by atomic mass is 10.2. The number of nitrogens with one attached hydrogen (secondary N) is 1. The van der Waals surface area contributed by atoms with Crippen molar-refractivity contribution in [2.24, 2.45) is 0 Å². The Bertz CT molecular complexity index is 707. The zero-order valence-corrected chi connectivity index (χ0v) is 16.7. The molecule has 3 nitrogen and oxygen atoms in total. The Balaban J connectivity index is 1.71. The van der Waals surface area contributed by atoms with E-state index in [1.807, 2.05) is 30.3 Å². The Kier molecular flexibility index (Phi) is 8.24. The van der Waals surface area contributed by atoms with Gasteiger partial charge in [0.1, 0.15) is 5.75 Å². The highest BCUT2D eigenvalue weighted by molar-refractivity contribution is 7.98. The lowest BCUT2D eigenvalue weighted by Crippen LogP contribution is -2.37. The Labute approximate surface area is 167 Å². The van der Waals surface area contributed by atoms with Gasteiger partial charge in [-0.3, -0.25) is 4.79 Å². The minimum absolute atomic E-state index is 0.184. The first kappa shape index (κ1) is 20.2. The van der Waals surface area contributed by atoms with E-state index in [9.17, 15) is 4.79 Å². The zero-order chi connectivity index (χ0) is 18.2. The number of rotatable bonds is 8. The normalized spacial score (nSPS) is 11.8. The lowest BCUT2D eigenvalue weighted by Gasteiger charge is -2.15. The summed E-state index contributed by atoms with van der Waals surface area (Å²) in [5, 5.41) is 4.64. The molecule has 2 aromatic carbocycles. The number of amides is 1. The summed E-state index contributed by atoms with van der Waals surface area (Å²) in [4.78, 5) is 12.1. The molecule has 0 aliphatic carbocycles. The molecule has 7 heteroatoms. The summed E-state index contributed by atoms with van der Waals surface area (Å²) in [6.45, 7) is 2.22. The number of carbonyl (C=O) groups is 1. The van der Waals surface area contributed by atoms with Gasteiger partial charge in [-0.25, -0.2) is 0 Å². The number of carbonyl (C=O) groups excluding carboxylic acids is 1. The number of thioether (sulfide) groups is 1. The molecule has 134 valence electrons. The first-order valence-corrected chi connectivity index (χ1v) is 9.97.